The second-order valence-corrected chi connectivity index (χ2v) is 9.01. The van der Waals surface area contributed by atoms with Crippen molar-refractivity contribution in [1.29, 1.82) is 0 Å². The normalized spacial score (nSPS) is 14.8. The topological polar surface area (TPSA) is 48.0 Å². The molecule has 0 N–H and O–H groups in total. The summed E-state index contributed by atoms with van der Waals surface area (Å²) in [5.41, 5.74) is 2.80. The molecule has 1 aliphatic carbocycles. The van der Waals surface area contributed by atoms with E-state index in [1.54, 1.807) is 11.8 Å². The summed E-state index contributed by atoms with van der Waals surface area (Å²) in [6, 6.07) is 12.0. The quantitative estimate of drug-likeness (QED) is 0.339. The minimum absolute atomic E-state index is 0.415. The molecule has 0 unspecified atom stereocenters. The van der Waals surface area contributed by atoms with E-state index in [1.165, 1.54) is 12.8 Å². The lowest BCUT2D eigenvalue weighted by Crippen LogP contribution is -2.08. The van der Waals surface area contributed by atoms with Crippen LogP contribution in [0.2, 0.25) is 10.0 Å². The van der Waals surface area contributed by atoms with Gasteiger partial charge in [-0.1, -0.05) is 59.9 Å². The Balaban J connectivity index is 1.46. The number of rotatable bonds is 5. The van der Waals surface area contributed by atoms with Gasteiger partial charge in [-0.2, -0.15) is 0 Å². The van der Waals surface area contributed by atoms with Crippen molar-refractivity contribution in [2.24, 2.45) is 0 Å². The maximum Gasteiger partial charge on any atom is 0.192 e. The molecule has 4 aromatic rings. The molecule has 5 rings (SSSR count). The number of hydrogen-bond donors (Lipinski definition) is 0. The summed E-state index contributed by atoms with van der Waals surface area (Å²) in [5, 5.41) is 11.4. The van der Waals surface area contributed by atoms with Crippen LogP contribution < -0.4 is 0 Å². The molecule has 0 saturated heterocycles. The summed E-state index contributed by atoms with van der Waals surface area (Å²) in [4.78, 5) is 4.68. The fraction of sp³-hybridized carbons (Fsp3) is 0.286. The summed E-state index contributed by atoms with van der Waals surface area (Å²) in [6.45, 7) is 0. The molecule has 8 heteroatoms. The predicted molar refractivity (Wildman–Crippen MR) is 118 cm³/mol. The highest BCUT2D eigenvalue weighted by Gasteiger charge is 2.25. The van der Waals surface area contributed by atoms with Crippen LogP contribution in [0.1, 0.15) is 37.4 Å². The summed E-state index contributed by atoms with van der Waals surface area (Å²) >= 11 is 14.2. The van der Waals surface area contributed by atoms with Crippen molar-refractivity contribution in [3.8, 4) is 11.4 Å². The van der Waals surface area contributed by atoms with Crippen molar-refractivity contribution in [2.75, 3.05) is 0 Å². The van der Waals surface area contributed by atoms with E-state index in [1.807, 2.05) is 53.2 Å². The van der Waals surface area contributed by atoms with Crippen LogP contribution in [-0.4, -0.2) is 24.1 Å². The number of benzene rings is 1. The maximum absolute atomic E-state index is 6.47. The van der Waals surface area contributed by atoms with E-state index in [9.17, 15) is 0 Å². The van der Waals surface area contributed by atoms with Gasteiger partial charge in [0.05, 0.1) is 15.7 Å². The lowest BCUT2D eigenvalue weighted by molar-refractivity contribution is 0.485. The van der Waals surface area contributed by atoms with Crippen LogP contribution in [0, 0.1) is 0 Å². The van der Waals surface area contributed by atoms with Crippen LogP contribution in [0.15, 0.2) is 53.9 Å². The fourth-order valence-corrected chi connectivity index (χ4v) is 5.20. The van der Waals surface area contributed by atoms with E-state index in [-0.39, 0.29) is 0 Å². The zero-order chi connectivity index (χ0) is 19.8. The van der Waals surface area contributed by atoms with Gasteiger partial charge in [0.15, 0.2) is 11.0 Å². The molecular formula is C21H19Cl2N5S. The van der Waals surface area contributed by atoms with Gasteiger partial charge < -0.3 is 4.40 Å². The van der Waals surface area contributed by atoms with E-state index in [0.717, 1.165) is 40.7 Å². The molecule has 1 fully saturated rings. The number of pyridine rings is 1. The van der Waals surface area contributed by atoms with Crippen LogP contribution in [-0.2, 0) is 5.75 Å². The van der Waals surface area contributed by atoms with Gasteiger partial charge >= 0.3 is 0 Å². The maximum atomic E-state index is 6.47. The first-order valence-electron chi connectivity index (χ1n) is 9.65. The van der Waals surface area contributed by atoms with Crippen molar-refractivity contribution in [1.82, 2.24) is 24.1 Å². The number of hydrogen-bond acceptors (Lipinski definition) is 4. The van der Waals surface area contributed by atoms with Gasteiger partial charge in [0.1, 0.15) is 5.65 Å². The lowest BCUT2D eigenvalue weighted by Gasteiger charge is -2.17. The van der Waals surface area contributed by atoms with Gasteiger partial charge in [0.2, 0.25) is 0 Å². The third-order valence-corrected chi connectivity index (χ3v) is 6.81. The van der Waals surface area contributed by atoms with Gasteiger partial charge in [-0.15, -0.1) is 10.2 Å². The Morgan fingerprint density at radius 1 is 1.00 bits per heavy atom. The number of thioether (sulfide) groups is 1. The van der Waals surface area contributed by atoms with Crippen LogP contribution in [0.25, 0.3) is 17.0 Å². The highest BCUT2D eigenvalue weighted by atomic mass is 35.5. The highest BCUT2D eigenvalue weighted by molar-refractivity contribution is 7.98. The molecule has 148 valence electrons. The number of imidazole rings is 1. The van der Waals surface area contributed by atoms with Gasteiger partial charge in [-0.05, 0) is 37.1 Å². The van der Waals surface area contributed by atoms with Crippen molar-refractivity contribution in [3.05, 3.63) is 64.5 Å². The molecule has 0 amide bonds. The summed E-state index contributed by atoms with van der Waals surface area (Å²) in [6.07, 6.45) is 8.66. The number of nitrogens with zero attached hydrogens (tertiary/aromatic N) is 5. The molecule has 0 bridgehead atoms. The first-order chi connectivity index (χ1) is 14.2. The Morgan fingerprint density at radius 2 is 1.83 bits per heavy atom. The van der Waals surface area contributed by atoms with Crippen molar-refractivity contribution < 1.29 is 0 Å². The second kappa shape index (κ2) is 8.01. The molecule has 0 atom stereocenters. The van der Waals surface area contributed by atoms with Crippen molar-refractivity contribution in [3.63, 3.8) is 0 Å². The third kappa shape index (κ3) is 3.77. The predicted octanol–water partition coefficient (Wildman–Crippen LogP) is 6.31. The zero-order valence-electron chi connectivity index (χ0n) is 15.6. The zero-order valence-corrected chi connectivity index (χ0v) is 18.0. The van der Waals surface area contributed by atoms with Crippen molar-refractivity contribution >= 4 is 40.6 Å². The molecule has 0 radical (unpaired) electrons. The van der Waals surface area contributed by atoms with Gasteiger partial charge in [0, 0.05) is 29.8 Å². The van der Waals surface area contributed by atoms with Crippen LogP contribution in [0.4, 0.5) is 0 Å². The van der Waals surface area contributed by atoms with E-state index in [0.29, 0.717) is 21.8 Å². The van der Waals surface area contributed by atoms with E-state index in [2.05, 4.69) is 19.7 Å². The van der Waals surface area contributed by atoms with Crippen LogP contribution in [0.5, 0.6) is 0 Å². The molecule has 1 saturated carbocycles. The average Bonchev–Trinajstić information content (AvgIpc) is 3.45. The Kier molecular flexibility index (Phi) is 5.24. The minimum Gasteiger partial charge on any atom is -0.305 e. The average molecular weight is 444 g/mol. The summed E-state index contributed by atoms with van der Waals surface area (Å²) in [5.74, 6) is 1.57. The Labute approximate surface area is 183 Å². The molecular weight excluding hydrogens is 425 g/mol. The van der Waals surface area contributed by atoms with Crippen LogP contribution >= 0.6 is 35.0 Å². The second-order valence-electron chi connectivity index (χ2n) is 7.23. The Bertz CT molecular complexity index is 1160. The molecule has 1 aliphatic rings. The molecule has 3 heterocycles. The van der Waals surface area contributed by atoms with Gasteiger partial charge in [0.25, 0.3) is 0 Å². The van der Waals surface area contributed by atoms with Crippen molar-refractivity contribution in [2.45, 2.75) is 42.6 Å². The third-order valence-electron chi connectivity index (χ3n) is 5.28. The summed E-state index contributed by atoms with van der Waals surface area (Å²) in [7, 11) is 0. The van der Waals surface area contributed by atoms with E-state index < -0.39 is 0 Å². The molecule has 29 heavy (non-hydrogen) atoms. The first kappa shape index (κ1) is 19.0. The number of fused-ring (bicyclic) bond motifs is 1. The first-order valence-corrected chi connectivity index (χ1v) is 11.4. The highest BCUT2D eigenvalue weighted by Crippen LogP contribution is 2.38. The van der Waals surface area contributed by atoms with Crippen LogP contribution in [0.3, 0.4) is 0 Å². The SMILES string of the molecule is Clc1ccc2nc(CSc3nnc(-c4ccccc4Cl)n3C3CCCC3)cn2c1. The van der Waals surface area contributed by atoms with E-state index >= 15 is 0 Å². The number of halogens is 2. The lowest BCUT2D eigenvalue weighted by atomic mass is 10.2. The standard InChI is InChI=1S/C21H19Cl2N5S/c22-14-9-10-19-24-15(12-27(19)11-14)13-29-21-26-25-20(17-7-3-4-8-18(17)23)28(21)16-5-1-2-6-16/h3-4,7-12,16H,1-2,5-6,13H2. The van der Waals surface area contributed by atoms with Gasteiger partial charge in [-0.25, -0.2) is 4.98 Å². The fourth-order valence-electron chi connectivity index (χ4n) is 3.92. The molecule has 1 aromatic carbocycles. The largest absolute Gasteiger partial charge is 0.305 e. The van der Waals surface area contributed by atoms with E-state index in [4.69, 9.17) is 23.2 Å². The smallest absolute Gasteiger partial charge is 0.192 e. The molecule has 0 spiro atoms. The number of aromatic nitrogens is 5. The Morgan fingerprint density at radius 3 is 2.66 bits per heavy atom. The monoisotopic (exact) mass is 443 g/mol. The molecule has 0 aliphatic heterocycles. The Hall–Kier alpha value is -2.02. The minimum atomic E-state index is 0.415. The summed E-state index contributed by atoms with van der Waals surface area (Å²) < 4.78 is 4.24. The molecule has 5 nitrogen and oxygen atoms in total. The molecule has 3 aromatic heterocycles. The van der Waals surface area contributed by atoms with Gasteiger partial charge in [-0.3, -0.25) is 4.57 Å².